The number of phenolic OH excluding ortho intramolecular Hbond substituents is 3. The zero-order chi connectivity index (χ0) is 15.5. The van der Waals surface area contributed by atoms with E-state index in [9.17, 15) is 15.3 Å². The van der Waals surface area contributed by atoms with Gasteiger partial charge in [0, 0.05) is 17.1 Å². The molecular weight excluding hydrogens is 278 g/mol. The summed E-state index contributed by atoms with van der Waals surface area (Å²) in [6, 6.07) is 20.5. The van der Waals surface area contributed by atoms with Gasteiger partial charge in [-0.25, -0.2) is 0 Å². The minimum Gasteiger partial charge on any atom is -0.508 e. The first-order valence-electron chi connectivity index (χ1n) is 6.81. The highest BCUT2D eigenvalue weighted by Gasteiger charge is 2.12. The van der Waals surface area contributed by atoms with Crippen LogP contribution in [0.2, 0.25) is 0 Å². The number of anilines is 3. The molecule has 4 nitrogen and oxygen atoms in total. The second-order valence-corrected chi connectivity index (χ2v) is 4.88. The minimum atomic E-state index is 0.195. The van der Waals surface area contributed by atoms with E-state index in [0.717, 1.165) is 17.1 Å². The maximum absolute atomic E-state index is 9.47. The van der Waals surface area contributed by atoms with Crippen LogP contribution in [0.4, 0.5) is 17.1 Å². The van der Waals surface area contributed by atoms with E-state index in [1.807, 2.05) is 4.90 Å². The zero-order valence-corrected chi connectivity index (χ0v) is 11.7. The molecule has 0 heterocycles. The Labute approximate surface area is 128 Å². The van der Waals surface area contributed by atoms with Crippen LogP contribution in [0.1, 0.15) is 0 Å². The fourth-order valence-corrected chi connectivity index (χ4v) is 2.25. The number of aromatic hydroxyl groups is 3. The molecule has 0 aliphatic heterocycles. The molecule has 0 atom stereocenters. The van der Waals surface area contributed by atoms with Crippen LogP contribution in [0, 0.1) is 0 Å². The van der Waals surface area contributed by atoms with Gasteiger partial charge in [0.25, 0.3) is 0 Å². The summed E-state index contributed by atoms with van der Waals surface area (Å²) in [5, 5.41) is 28.4. The van der Waals surface area contributed by atoms with Crippen LogP contribution in [0.25, 0.3) is 0 Å². The fourth-order valence-electron chi connectivity index (χ4n) is 2.25. The summed E-state index contributed by atoms with van der Waals surface area (Å²) in [5.74, 6) is 0.584. The van der Waals surface area contributed by atoms with Crippen molar-refractivity contribution in [3.8, 4) is 17.2 Å². The third-order valence-electron chi connectivity index (χ3n) is 3.32. The Morgan fingerprint density at radius 3 is 0.864 bits per heavy atom. The van der Waals surface area contributed by atoms with Crippen LogP contribution in [0.15, 0.2) is 72.8 Å². The van der Waals surface area contributed by atoms with E-state index in [4.69, 9.17) is 0 Å². The standard InChI is InChI=1S/C18H15NO3/c20-16-7-1-13(2-8-16)19(14-3-9-17(21)10-4-14)15-5-11-18(22)12-6-15/h1-12,20-22H. The van der Waals surface area contributed by atoms with Gasteiger partial charge in [0.2, 0.25) is 0 Å². The molecule has 0 fully saturated rings. The molecule has 4 heteroatoms. The van der Waals surface area contributed by atoms with Gasteiger partial charge in [-0.1, -0.05) is 0 Å². The van der Waals surface area contributed by atoms with Crippen molar-refractivity contribution in [3.05, 3.63) is 72.8 Å². The predicted octanol–water partition coefficient (Wildman–Crippen LogP) is 4.27. The molecule has 0 radical (unpaired) electrons. The Bertz CT molecular complexity index is 642. The number of hydrogen-bond acceptors (Lipinski definition) is 4. The van der Waals surface area contributed by atoms with Crippen molar-refractivity contribution in [1.29, 1.82) is 0 Å². The molecule has 3 rings (SSSR count). The maximum Gasteiger partial charge on any atom is 0.115 e. The summed E-state index contributed by atoms with van der Waals surface area (Å²) >= 11 is 0. The second-order valence-electron chi connectivity index (χ2n) is 4.88. The molecule has 0 bridgehead atoms. The molecule has 0 saturated heterocycles. The quantitative estimate of drug-likeness (QED) is 0.674. The molecule has 0 unspecified atom stereocenters. The monoisotopic (exact) mass is 293 g/mol. The number of nitrogens with zero attached hydrogens (tertiary/aromatic N) is 1. The first kappa shape index (κ1) is 13.8. The van der Waals surface area contributed by atoms with Crippen molar-refractivity contribution < 1.29 is 15.3 Å². The lowest BCUT2D eigenvalue weighted by molar-refractivity contribution is 0.475. The van der Waals surface area contributed by atoms with Crippen molar-refractivity contribution in [3.63, 3.8) is 0 Å². The first-order chi connectivity index (χ1) is 10.6. The molecule has 3 aromatic carbocycles. The van der Waals surface area contributed by atoms with E-state index < -0.39 is 0 Å². The van der Waals surface area contributed by atoms with Gasteiger partial charge in [-0.2, -0.15) is 0 Å². The molecule has 3 N–H and O–H groups in total. The third-order valence-corrected chi connectivity index (χ3v) is 3.32. The van der Waals surface area contributed by atoms with E-state index in [1.165, 1.54) is 0 Å². The van der Waals surface area contributed by atoms with Crippen LogP contribution < -0.4 is 4.90 Å². The van der Waals surface area contributed by atoms with E-state index in [0.29, 0.717) is 0 Å². The zero-order valence-electron chi connectivity index (χ0n) is 11.7. The van der Waals surface area contributed by atoms with Crippen molar-refractivity contribution in [2.45, 2.75) is 0 Å². The summed E-state index contributed by atoms with van der Waals surface area (Å²) in [7, 11) is 0. The highest BCUT2D eigenvalue weighted by molar-refractivity contribution is 5.77. The summed E-state index contributed by atoms with van der Waals surface area (Å²) in [6.45, 7) is 0. The number of hydrogen-bond donors (Lipinski definition) is 3. The number of benzene rings is 3. The third kappa shape index (κ3) is 2.81. The van der Waals surface area contributed by atoms with Crippen LogP contribution >= 0.6 is 0 Å². The molecule has 3 aromatic rings. The molecule has 0 aromatic heterocycles. The molecule has 0 amide bonds. The number of rotatable bonds is 3. The average molecular weight is 293 g/mol. The van der Waals surface area contributed by atoms with Gasteiger partial charge >= 0.3 is 0 Å². The van der Waals surface area contributed by atoms with Crippen molar-refractivity contribution in [1.82, 2.24) is 0 Å². The van der Waals surface area contributed by atoms with E-state index in [1.54, 1.807) is 72.8 Å². The van der Waals surface area contributed by atoms with Gasteiger partial charge in [-0.15, -0.1) is 0 Å². The van der Waals surface area contributed by atoms with Crippen molar-refractivity contribution in [2.24, 2.45) is 0 Å². The molecule has 0 spiro atoms. The highest BCUT2D eigenvalue weighted by atomic mass is 16.3. The van der Waals surface area contributed by atoms with Crippen molar-refractivity contribution in [2.75, 3.05) is 4.90 Å². The van der Waals surface area contributed by atoms with Crippen molar-refractivity contribution >= 4 is 17.1 Å². The highest BCUT2D eigenvalue weighted by Crippen LogP contribution is 2.36. The number of phenols is 3. The molecule has 0 saturated carbocycles. The minimum absolute atomic E-state index is 0.195. The lowest BCUT2D eigenvalue weighted by Crippen LogP contribution is -2.09. The van der Waals surface area contributed by atoms with E-state index in [-0.39, 0.29) is 17.2 Å². The van der Waals surface area contributed by atoms with Gasteiger partial charge in [0.1, 0.15) is 17.2 Å². The average Bonchev–Trinajstić information content (AvgIpc) is 2.53. The van der Waals surface area contributed by atoms with E-state index >= 15 is 0 Å². The summed E-state index contributed by atoms with van der Waals surface area (Å²) in [4.78, 5) is 1.96. The summed E-state index contributed by atoms with van der Waals surface area (Å²) in [6.07, 6.45) is 0. The van der Waals surface area contributed by atoms with Crippen LogP contribution in [0.5, 0.6) is 17.2 Å². The molecule has 22 heavy (non-hydrogen) atoms. The Morgan fingerprint density at radius 1 is 0.409 bits per heavy atom. The smallest absolute Gasteiger partial charge is 0.115 e. The largest absolute Gasteiger partial charge is 0.508 e. The van der Waals surface area contributed by atoms with Gasteiger partial charge in [-0.05, 0) is 72.8 Å². The molecular formula is C18H15NO3. The summed E-state index contributed by atoms with van der Waals surface area (Å²) < 4.78 is 0. The van der Waals surface area contributed by atoms with Crippen LogP contribution in [-0.4, -0.2) is 15.3 Å². The van der Waals surface area contributed by atoms with Crippen LogP contribution in [0.3, 0.4) is 0 Å². The molecule has 110 valence electrons. The summed E-state index contributed by atoms with van der Waals surface area (Å²) in [5.41, 5.74) is 2.57. The van der Waals surface area contributed by atoms with Gasteiger partial charge < -0.3 is 20.2 Å². The first-order valence-corrected chi connectivity index (χ1v) is 6.81. The molecule has 0 aliphatic carbocycles. The van der Waals surface area contributed by atoms with Gasteiger partial charge in [-0.3, -0.25) is 0 Å². The van der Waals surface area contributed by atoms with Gasteiger partial charge in [0.05, 0.1) is 0 Å². The maximum atomic E-state index is 9.47. The lowest BCUT2D eigenvalue weighted by Gasteiger charge is -2.25. The molecule has 0 aliphatic rings. The topological polar surface area (TPSA) is 63.9 Å². The van der Waals surface area contributed by atoms with Gasteiger partial charge in [0.15, 0.2) is 0 Å². The Hall–Kier alpha value is -3.14. The predicted molar refractivity (Wildman–Crippen MR) is 86.1 cm³/mol. The SMILES string of the molecule is Oc1ccc(N(c2ccc(O)cc2)c2ccc(O)cc2)cc1. The Kier molecular flexibility index (Phi) is 3.58. The second kappa shape index (κ2) is 5.69. The fraction of sp³-hybridized carbons (Fsp3) is 0. The van der Waals surface area contributed by atoms with E-state index in [2.05, 4.69) is 0 Å². The normalized spacial score (nSPS) is 10.4. The lowest BCUT2D eigenvalue weighted by atomic mass is 10.2. The Morgan fingerprint density at radius 2 is 0.636 bits per heavy atom. The van der Waals surface area contributed by atoms with Crippen LogP contribution in [-0.2, 0) is 0 Å². The Balaban J connectivity index is 2.10.